The summed E-state index contributed by atoms with van der Waals surface area (Å²) < 4.78 is 20.5. The number of H-pyrrole nitrogens is 1. The van der Waals surface area contributed by atoms with Crippen LogP contribution in [-0.2, 0) is 5.41 Å². The molecular weight excluding hydrogens is 279 g/mol. The maximum absolute atomic E-state index is 15.1. The van der Waals surface area contributed by atoms with E-state index in [-0.39, 0.29) is 11.2 Å². The second-order valence-electron chi connectivity index (χ2n) is 6.36. The van der Waals surface area contributed by atoms with Gasteiger partial charge in [0.15, 0.2) is 0 Å². The molecule has 3 aromatic rings. The predicted octanol–water partition coefficient (Wildman–Crippen LogP) is 4.68. The maximum atomic E-state index is 15.1. The van der Waals surface area contributed by atoms with E-state index in [0.717, 1.165) is 5.52 Å². The summed E-state index contributed by atoms with van der Waals surface area (Å²) in [6.07, 6.45) is 1.61. The monoisotopic (exact) mass is 298 g/mol. The van der Waals surface area contributed by atoms with Gasteiger partial charge in [0.2, 0.25) is 0 Å². The van der Waals surface area contributed by atoms with Crippen LogP contribution in [0.15, 0.2) is 36.7 Å². The normalized spacial score (nSPS) is 11.9. The van der Waals surface area contributed by atoms with Crippen LogP contribution in [0.5, 0.6) is 5.75 Å². The lowest BCUT2D eigenvalue weighted by Crippen LogP contribution is -2.14. The van der Waals surface area contributed by atoms with E-state index in [1.807, 2.05) is 45.0 Å². The lowest BCUT2D eigenvalue weighted by molar-refractivity contribution is 0.416. The zero-order valence-corrected chi connectivity index (χ0v) is 13.2. The topological polar surface area (TPSA) is 37.9 Å². The van der Waals surface area contributed by atoms with Gasteiger partial charge in [0, 0.05) is 5.56 Å². The van der Waals surface area contributed by atoms with Crippen LogP contribution >= 0.6 is 0 Å². The van der Waals surface area contributed by atoms with Crippen molar-refractivity contribution >= 4 is 11.0 Å². The standard InChI is InChI=1S/C18H19FN2O/c1-18(2,3)12-7-5-6-11(16(12)19)15-14(22-4)9-8-13-17(15)21-10-20-13/h5-10H,1-4H3,(H,20,21). The summed E-state index contributed by atoms with van der Waals surface area (Å²) in [5, 5.41) is 0. The quantitative estimate of drug-likeness (QED) is 0.746. The van der Waals surface area contributed by atoms with Gasteiger partial charge in [-0.3, -0.25) is 0 Å². The summed E-state index contributed by atoms with van der Waals surface area (Å²) in [5.74, 6) is 0.397. The highest BCUT2D eigenvalue weighted by atomic mass is 19.1. The zero-order valence-electron chi connectivity index (χ0n) is 13.2. The Morgan fingerprint density at radius 2 is 1.91 bits per heavy atom. The zero-order chi connectivity index (χ0) is 15.9. The molecule has 0 aliphatic rings. The fourth-order valence-corrected chi connectivity index (χ4v) is 2.72. The second kappa shape index (κ2) is 5.13. The van der Waals surface area contributed by atoms with E-state index >= 15 is 4.39 Å². The summed E-state index contributed by atoms with van der Waals surface area (Å²) in [7, 11) is 1.59. The Labute approximate surface area is 129 Å². The Bertz CT molecular complexity index is 831. The van der Waals surface area contributed by atoms with E-state index in [1.54, 1.807) is 19.5 Å². The molecule has 114 valence electrons. The molecule has 1 aromatic heterocycles. The van der Waals surface area contributed by atoms with Crippen molar-refractivity contribution < 1.29 is 9.13 Å². The molecule has 0 bridgehead atoms. The van der Waals surface area contributed by atoms with E-state index < -0.39 is 0 Å². The third-order valence-corrected chi connectivity index (χ3v) is 3.85. The number of aromatic amines is 1. The van der Waals surface area contributed by atoms with Crippen molar-refractivity contribution in [2.24, 2.45) is 0 Å². The number of imidazole rings is 1. The number of rotatable bonds is 2. The van der Waals surface area contributed by atoms with Crippen molar-refractivity contribution in [2.45, 2.75) is 26.2 Å². The average Bonchev–Trinajstić information content (AvgIpc) is 2.94. The number of hydrogen-bond donors (Lipinski definition) is 1. The van der Waals surface area contributed by atoms with Crippen molar-refractivity contribution in [3.8, 4) is 16.9 Å². The van der Waals surface area contributed by atoms with Gasteiger partial charge in [-0.25, -0.2) is 9.37 Å². The van der Waals surface area contributed by atoms with Crippen molar-refractivity contribution in [3.63, 3.8) is 0 Å². The Morgan fingerprint density at radius 1 is 1.14 bits per heavy atom. The van der Waals surface area contributed by atoms with Gasteiger partial charge in [0.05, 0.1) is 30.0 Å². The van der Waals surface area contributed by atoms with Gasteiger partial charge in [-0.2, -0.15) is 0 Å². The highest BCUT2D eigenvalue weighted by Gasteiger charge is 2.23. The third-order valence-electron chi connectivity index (χ3n) is 3.85. The highest BCUT2D eigenvalue weighted by Crippen LogP contribution is 2.39. The summed E-state index contributed by atoms with van der Waals surface area (Å²) in [4.78, 5) is 7.39. The minimum Gasteiger partial charge on any atom is -0.496 e. The molecule has 0 radical (unpaired) electrons. The van der Waals surface area contributed by atoms with E-state index in [2.05, 4.69) is 9.97 Å². The number of benzene rings is 2. The van der Waals surface area contributed by atoms with Crippen molar-refractivity contribution in [2.75, 3.05) is 7.11 Å². The Kier molecular flexibility index (Phi) is 3.39. The molecule has 0 aliphatic carbocycles. The summed E-state index contributed by atoms with van der Waals surface area (Å²) in [5.41, 5.74) is 3.18. The molecule has 0 amide bonds. The fourth-order valence-electron chi connectivity index (χ4n) is 2.72. The van der Waals surface area contributed by atoms with Crippen LogP contribution in [0.1, 0.15) is 26.3 Å². The number of nitrogens with one attached hydrogen (secondary N) is 1. The Hall–Kier alpha value is -2.36. The molecule has 3 nitrogen and oxygen atoms in total. The number of aromatic nitrogens is 2. The predicted molar refractivity (Wildman–Crippen MR) is 86.7 cm³/mol. The summed E-state index contributed by atoms with van der Waals surface area (Å²) >= 11 is 0. The van der Waals surface area contributed by atoms with Crippen molar-refractivity contribution in [1.29, 1.82) is 0 Å². The first-order valence-corrected chi connectivity index (χ1v) is 7.23. The van der Waals surface area contributed by atoms with Crippen molar-refractivity contribution in [3.05, 3.63) is 48.0 Å². The number of fused-ring (bicyclic) bond motifs is 1. The lowest BCUT2D eigenvalue weighted by atomic mass is 9.84. The molecule has 0 unspecified atom stereocenters. The molecule has 0 fully saturated rings. The molecule has 1 N–H and O–H groups in total. The Morgan fingerprint density at radius 3 is 2.59 bits per heavy atom. The Balaban J connectivity index is 2.35. The maximum Gasteiger partial charge on any atom is 0.134 e. The van der Waals surface area contributed by atoms with Gasteiger partial charge in [0.1, 0.15) is 11.6 Å². The van der Waals surface area contributed by atoms with Gasteiger partial charge >= 0.3 is 0 Å². The molecule has 2 aromatic carbocycles. The highest BCUT2D eigenvalue weighted by molar-refractivity contribution is 5.95. The molecule has 0 aliphatic heterocycles. The molecule has 0 saturated carbocycles. The number of nitrogens with zero attached hydrogens (tertiary/aromatic N) is 1. The van der Waals surface area contributed by atoms with Crippen LogP contribution in [0.25, 0.3) is 22.2 Å². The molecule has 0 saturated heterocycles. The van der Waals surface area contributed by atoms with Crippen LogP contribution in [-0.4, -0.2) is 17.1 Å². The molecule has 0 atom stereocenters. The van der Waals surface area contributed by atoms with Gasteiger partial charge in [-0.1, -0.05) is 39.0 Å². The van der Waals surface area contributed by atoms with Crippen LogP contribution in [0.3, 0.4) is 0 Å². The van der Waals surface area contributed by atoms with E-state index in [0.29, 0.717) is 28.0 Å². The first-order chi connectivity index (χ1) is 10.4. The minimum absolute atomic E-state index is 0.219. The van der Waals surface area contributed by atoms with Gasteiger partial charge in [-0.05, 0) is 23.1 Å². The number of methoxy groups -OCH3 is 1. The van der Waals surface area contributed by atoms with Gasteiger partial charge in [0.25, 0.3) is 0 Å². The van der Waals surface area contributed by atoms with E-state index in [4.69, 9.17) is 4.74 Å². The lowest BCUT2D eigenvalue weighted by Gasteiger charge is -2.21. The smallest absolute Gasteiger partial charge is 0.134 e. The third kappa shape index (κ3) is 2.25. The number of halogens is 1. The summed E-state index contributed by atoms with van der Waals surface area (Å²) in [6, 6.07) is 9.20. The van der Waals surface area contributed by atoms with Crippen LogP contribution in [0.2, 0.25) is 0 Å². The number of ether oxygens (including phenoxy) is 1. The molecule has 3 rings (SSSR count). The molecule has 0 spiro atoms. The van der Waals surface area contributed by atoms with Gasteiger partial charge in [-0.15, -0.1) is 0 Å². The van der Waals surface area contributed by atoms with E-state index in [1.165, 1.54) is 0 Å². The number of hydrogen-bond acceptors (Lipinski definition) is 2. The van der Waals surface area contributed by atoms with Crippen molar-refractivity contribution in [1.82, 2.24) is 9.97 Å². The largest absolute Gasteiger partial charge is 0.496 e. The summed E-state index contributed by atoms with van der Waals surface area (Å²) in [6.45, 7) is 6.00. The molecule has 22 heavy (non-hydrogen) atoms. The van der Waals surface area contributed by atoms with Crippen LogP contribution in [0, 0.1) is 5.82 Å². The van der Waals surface area contributed by atoms with Crippen LogP contribution < -0.4 is 4.74 Å². The molecule has 4 heteroatoms. The molecule has 1 heterocycles. The first kappa shape index (κ1) is 14.6. The van der Waals surface area contributed by atoms with Gasteiger partial charge < -0.3 is 9.72 Å². The van der Waals surface area contributed by atoms with E-state index in [9.17, 15) is 0 Å². The molecular formula is C18H19FN2O. The first-order valence-electron chi connectivity index (χ1n) is 7.23. The average molecular weight is 298 g/mol. The minimum atomic E-state index is -0.271. The van der Waals surface area contributed by atoms with Crippen LogP contribution in [0.4, 0.5) is 4.39 Å². The fraction of sp³-hybridized carbons (Fsp3) is 0.278. The SMILES string of the molecule is COc1ccc2[nH]cnc2c1-c1cccc(C(C)(C)C)c1F. The second-order valence-corrected chi connectivity index (χ2v) is 6.36.